The number of hydrogen-bond donors (Lipinski definition) is 1. The number of halogens is 1. The largest absolute Gasteiger partial charge is 0.495 e. The van der Waals surface area contributed by atoms with E-state index < -0.39 is 0 Å². The van der Waals surface area contributed by atoms with Crippen LogP contribution in [0.25, 0.3) is 0 Å². The van der Waals surface area contributed by atoms with Gasteiger partial charge in [-0.3, -0.25) is 9.59 Å². The average Bonchev–Trinajstić information content (AvgIpc) is 2.79. The maximum atomic E-state index is 12.6. The predicted octanol–water partition coefficient (Wildman–Crippen LogP) is 5.33. The first-order chi connectivity index (χ1) is 15.0. The molecule has 0 bridgehead atoms. The van der Waals surface area contributed by atoms with Crippen LogP contribution < -0.4 is 10.1 Å². The van der Waals surface area contributed by atoms with Crippen LogP contribution in [0, 0.1) is 5.92 Å². The first-order valence-corrected chi connectivity index (χ1v) is 11.4. The number of ether oxygens (including phenoxy) is 1. The zero-order valence-corrected chi connectivity index (χ0v) is 18.9. The summed E-state index contributed by atoms with van der Waals surface area (Å²) in [6.07, 6.45) is 5.67. The molecule has 166 valence electrons. The van der Waals surface area contributed by atoms with Crippen molar-refractivity contribution in [2.45, 2.75) is 44.9 Å². The third kappa shape index (κ3) is 7.28. The van der Waals surface area contributed by atoms with Gasteiger partial charge in [0.2, 0.25) is 11.8 Å². The minimum absolute atomic E-state index is 0.0347. The molecule has 6 heteroatoms. The first kappa shape index (κ1) is 23.1. The van der Waals surface area contributed by atoms with Gasteiger partial charge in [-0.1, -0.05) is 41.9 Å². The molecule has 1 aliphatic rings. The van der Waals surface area contributed by atoms with E-state index in [2.05, 4.69) is 17.4 Å². The van der Waals surface area contributed by atoms with Crippen molar-refractivity contribution in [3.63, 3.8) is 0 Å². The van der Waals surface area contributed by atoms with Crippen molar-refractivity contribution in [2.24, 2.45) is 5.92 Å². The number of anilines is 1. The molecule has 2 amide bonds. The number of amides is 2. The van der Waals surface area contributed by atoms with Crippen LogP contribution in [0.5, 0.6) is 5.75 Å². The number of carbonyl (C=O) groups excluding carboxylic acids is 2. The Balaban J connectivity index is 1.39. The number of aryl methyl sites for hydroxylation is 1. The maximum absolute atomic E-state index is 12.6. The fourth-order valence-corrected chi connectivity index (χ4v) is 4.33. The molecule has 1 heterocycles. The minimum atomic E-state index is -0.0347. The highest BCUT2D eigenvalue weighted by molar-refractivity contribution is 6.32. The van der Waals surface area contributed by atoms with Crippen molar-refractivity contribution in [2.75, 3.05) is 25.5 Å². The van der Waals surface area contributed by atoms with Gasteiger partial charge in [-0.05, 0) is 61.8 Å². The van der Waals surface area contributed by atoms with Crippen LogP contribution >= 0.6 is 11.6 Å². The molecule has 5 nitrogen and oxygen atoms in total. The molecule has 2 aromatic carbocycles. The molecule has 0 aromatic heterocycles. The molecule has 1 aliphatic heterocycles. The normalized spacial score (nSPS) is 16.1. The molecule has 0 spiro atoms. The number of nitrogens with zero attached hydrogens (tertiary/aromatic N) is 1. The maximum Gasteiger partial charge on any atom is 0.224 e. The highest BCUT2D eigenvalue weighted by Gasteiger charge is 2.23. The summed E-state index contributed by atoms with van der Waals surface area (Å²) in [7, 11) is 1.56. The third-order valence-corrected chi connectivity index (χ3v) is 6.08. The third-order valence-electron chi connectivity index (χ3n) is 5.79. The minimum Gasteiger partial charge on any atom is -0.495 e. The van der Waals surface area contributed by atoms with Gasteiger partial charge in [-0.15, -0.1) is 0 Å². The molecule has 1 atom stereocenters. The van der Waals surface area contributed by atoms with Crippen molar-refractivity contribution in [3.8, 4) is 5.75 Å². The lowest BCUT2D eigenvalue weighted by molar-refractivity contribution is -0.133. The van der Waals surface area contributed by atoms with E-state index in [0.717, 1.165) is 45.2 Å². The number of carbonyl (C=O) groups is 2. The number of nitrogens with one attached hydrogen (secondary N) is 1. The highest BCUT2D eigenvalue weighted by Crippen LogP contribution is 2.27. The van der Waals surface area contributed by atoms with E-state index in [1.54, 1.807) is 25.3 Å². The van der Waals surface area contributed by atoms with E-state index in [4.69, 9.17) is 16.3 Å². The van der Waals surface area contributed by atoms with Crippen molar-refractivity contribution in [1.29, 1.82) is 0 Å². The van der Waals surface area contributed by atoms with Crippen LogP contribution in [0.1, 0.15) is 44.1 Å². The Kier molecular flexibility index (Phi) is 8.77. The fraction of sp³-hybridized carbons (Fsp3) is 0.440. The van der Waals surface area contributed by atoms with E-state index in [1.165, 1.54) is 5.56 Å². The smallest absolute Gasteiger partial charge is 0.224 e. The molecule has 0 aliphatic carbocycles. The SMILES string of the molecule is COc1ccc(NC(=O)CC[C@@H]2CCCN(C(=O)CCCc3ccccc3)C2)cc1Cl. The van der Waals surface area contributed by atoms with Gasteiger partial charge in [0, 0.05) is 31.6 Å². The number of piperidine rings is 1. The molecule has 1 fully saturated rings. The summed E-state index contributed by atoms with van der Waals surface area (Å²) in [5, 5.41) is 3.36. The molecule has 2 aromatic rings. The molecule has 0 unspecified atom stereocenters. The summed E-state index contributed by atoms with van der Waals surface area (Å²) in [6, 6.07) is 15.5. The summed E-state index contributed by atoms with van der Waals surface area (Å²) >= 11 is 6.11. The number of hydrogen-bond acceptors (Lipinski definition) is 3. The second-order valence-electron chi connectivity index (χ2n) is 8.12. The van der Waals surface area contributed by atoms with Gasteiger partial charge in [0.15, 0.2) is 0 Å². The van der Waals surface area contributed by atoms with Crippen LogP contribution in [0.3, 0.4) is 0 Å². The monoisotopic (exact) mass is 442 g/mol. The summed E-state index contributed by atoms with van der Waals surface area (Å²) in [6.45, 7) is 1.59. The van der Waals surface area contributed by atoms with E-state index in [1.807, 2.05) is 23.1 Å². The highest BCUT2D eigenvalue weighted by atomic mass is 35.5. The van der Waals surface area contributed by atoms with Crippen molar-refractivity contribution < 1.29 is 14.3 Å². The summed E-state index contributed by atoms with van der Waals surface area (Å²) in [4.78, 5) is 27.0. The van der Waals surface area contributed by atoms with Gasteiger partial charge in [0.25, 0.3) is 0 Å². The van der Waals surface area contributed by atoms with Crippen molar-refractivity contribution in [3.05, 3.63) is 59.1 Å². The standard InChI is InChI=1S/C25H31ClN2O3/c1-31-23-14-13-21(17-22(23)26)27-24(29)15-12-20-10-6-16-28(18-20)25(30)11-5-9-19-7-3-2-4-8-19/h2-4,7-8,13-14,17,20H,5-6,9-12,15-16,18H2,1H3,(H,27,29)/t20-/m0/s1. The van der Waals surface area contributed by atoms with Crippen LogP contribution in [0.15, 0.2) is 48.5 Å². The second-order valence-corrected chi connectivity index (χ2v) is 8.53. The van der Waals surface area contributed by atoms with E-state index >= 15 is 0 Å². The van der Waals surface area contributed by atoms with Gasteiger partial charge < -0.3 is 15.0 Å². The number of benzene rings is 2. The van der Waals surface area contributed by atoms with Crippen LogP contribution in [-0.4, -0.2) is 36.9 Å². The Morgan fingerprint density at radius 1 is 1.16 bits per heavy atom. The number of likely N-dealkylation sites (tertiary alicyclic amines) is 1. The van der Waals surface area contributed by atoms with Crippen LogP contribution in [-0.2, 0) is 16.0 Å². The number of methoxy groups -OCH3 is 1. The summed E-state index contributed by atoms with van der Waals surface area (Å²) in [5.41, 5.74) is 1.94. The van der Waals surface area contributed by atoms with Gasteiger partial charge in [0.05, 0.1) is 12.1 Å². The van der Waals surface area contributed by atoms with Crippen LogP contribution in [0.4, 0.5) is 5.69 Å². The summed E-state index contributed by atoms with van der Waals surface area (Å²) < 4.78 is 5.13. The zero-order valence-electron chi connectivity index (χ0n) is 18.1. The molecular formula is C25H31ClN2O3. The second kappa shape index (κ2) is 11.8. The Morgan fingerprint density at radius 3 is 2.71 bits per heavy atom. The van der Waals surface area contributed by atoms with Gasteiger partial charge >= 0.3 is 0 Å². The Hall–Kier alpha value is -2.53. The van der Waals surface area contributed by atoms with Gasteiger partial charge in [0.1, 0.15) is 5.75 Å². The molecule has 3 rings (SSSR count). The summed E-state index contributed by atoms with van der Waals surface area (Å²) in [5.74, 6) is 1.15. The zero-order chi connectivity index (χ0) is 22.1. The van der Waals surface area contributed by atoms with Gasteiger partial charge in [-0.25, -0.2) is 0 Å². The molecule has 1 N–H and O–H groups in total. The van der Waals surface area contributed by atoms with E-state index in [-0.39, 0.29) is 11.8 Å². The average molecular weight is 443 g/mol. The Bertz CT molecular complexity index is 872. The lowest BCUT2D eigenvalue weighted by Gasteiger charge is -2.33. The Labute approximate surface area is 189 Å². The quantitative estimate of drug-likeness (QED) is 0.571. The molecule has 1 saturated heterocycles. The Morgan fingerprint density at radius 2 is 1.97 bits per heavy atom. The van der Waals surface area contributed by atoms with Crippen molar-refractivity contribution in [1.82, 2.24) is 4.90 Å². The molecule has 0 radical (unpaired) electrons. The first-order valence-electron chi connectivity index (χ1n) is 11.0. The molecule has 0 saturated carbocycles. The van der Waals surface area contributed by atoms with Gasteiger partial charge in [-0.2, -0.15) is 0 Å². The lowest BCUT2D eigenvalue weighted by atomic mass is 9.93. The van der Waals surface area contributed by atoms with Crippen LogP contribution in [0.2, 0.25) is 5.02 Å². The predicted molar refractivity (Wildman–Crippen MR) is 125 cm³/mol. The van der Waals surface area contributed by atoms with E-state index in [9.17, 15) is 9.59 Å². The number of rotatable bonds is 9. The fourth-order valence-electron chi connectivity index (χ4n) is 4.08. The van der Waals surface area contributed by atoms with Crippen molar-refractivity contribution >= 4 is 29.1 Å². The topological polar surface area (TPSA) is 58.6 Å². The molecular weight excluding hydrogens is 412 g/mol. The molecule has 31 heavy (non-hydrogen) atoms. The van der Waals surface area contributed by atoms with E-state index in [0.29, 0.717) is 35.2 Å². The lowest BCUT2D eigenvalue weighted by Crippen LogP contribution is -2.40.